The van der Waals surface area contributed by atoms with Crippen molar-refractivity contribution in [2.24, 2.45) is 0 Å². The molecule has 0 unspecified atom stereocenters. The Kier molecular flexibility index (Phi) is 3.14. The number of nitro benzene ring substituents is 2. The van der Waals surface area contributed by atoms with Crippen LogP contribution < -0.4 is 0 Å². The van der Waals surface area contributed by atoms with E-state index in [0.29, 0.717) is 6.07 Å². The number of nitrogens with zero attached hydrogens (tertiary/aromatic N) is 2. The third kappa shape index (κ3) is 2.11. The highest BCUT2D eigenvalue weighted by Crippen LogP contribution is 2.30. The van der Waals surface area contributed by atoms with Gasteiger partial charge in [0.15, 0.2) is 0 Å². The van der Waals surface area contributed by atoms with Crippen LogP contribution in [0.2, 0.25) is 0 Å². The van der Waals surface area contributed by atoms with Crippen molar-refractivity contribution in [3.05, 3.63) is 43.7 Å². The summed E-state index contributed by atoms with van der Waals surface area (Å²) in [6.45, 7) is 0. The molecule has 0 aliphatic heterocycles. The first-order valence-electron chi connectivity index (χ1n) is 3.66. The summed E-state index contributed by atoms with van der Waals surface area (Å²) < 4.78 is 13.1. The Balaban J connectivity index is 3.55. The predicted octanol–water partition coefficient (Wildman–Crippen LogP) is 2.02. The summed E-state index contributed by atoms with van der Waals surface area (Å²) in [7, 11) is 0. The van der Waals surface area contributed by atoms with E-state index in [1.165, 1.54) is 0 Å². The number of carbonyl (C=O) groups is 1. The summed E-state index contributed by atoms with van der Waals surface area (Å²) in [5.41, 5.74) is -2.81. The van der Waals surface area contributed by atoms with Gasteiger partial charge < -0.3 is 0 Å². The van der Waals surface area contributed by atoms with Crippen molar-refractivity contribution in [3.8, 4) is 0 Å². The van der Waals surface area contributed by atoms with Crippen LogP contribution in [0.3, 0.4) is 0 Å². The summed E-state index contributed by atoms with van der Waals surface area (Å²) in [5.74, 6) is -1.28. The number of benzene rings is 1. The van der Waals surface area contributed by atoms with Gasteiger partial charge in [-0.05, 0) is 11.6 Å². The van der Waals surface area contributed by atoms with Gasteiger partial charge in [-0.3, -0.25) is 25.0 Å². The molecule has 0 aliphatic carbocycles. The predicted molar refractivity (Wildman–Crippen MR) is 49.9 cm³/mol. The molecule has 16 heavy (non-hydrogen) atoms. The highest BCUT2D eigenvalue weighted by molar-refractivity contribution is 6.67. The van der Waals surface area contributed by atoms with E-state index < -0.39 is 37.8 Å². The van der Waals surface area contributed by atoms with E-state index in [0.717, 1.165) is 0 Å². The van der Waals surface area contributed by atoms with E-state index in [-0.39, 0.29) is 6.07 Å². The van der Waals surface area contributed by atoms with Crippen LogP contribution in [0.1, 0.15) is 10.4 Å². The first-order valence-corrected chi connectivity index (χ1v) is 4.04. The topological polar surface area (TPSA) is 103 Å². The molecule has 0 amide bonds. The average Bonchev–Trinajstić information content (AvgIpc) is 2.15. The van der Waals surface area contributed by atoms with Crippen molar-refractivity contribution >= 4 is 28.2 Å². The zero-order valence-electron chi connectivity index (χ0n) is 7.35. The Morgan fingerprint density at radius 2 is 1.62 bits per heavy atom. The van der Waals surface area contributed by atoms with Crippen LogP contribution in [0, 0.1) is 26.0 Å². The van der Waals surface area contributed by atoms with Gasteiger partial charge in [0.1, 0.15) is 5.82 Å². The molecule has 0 saturated carbocycles. The second kappa shape index (κ2) is 4.19. The summed E-state index contributed by atoms with van der Waals surface area (Å²) in [6, 6.07) is 0.719. The van der Waals surface area contributed by atoms with Crippen LogP contribution in [0.5, 0.6) is 0 Å². The molecule has 1 aromatic carbocycles. The molecule has 9 heteroatoms. The third-order valence-electron chi connectivity index (χ3n) is 1.67. The fraction of sp³-hybridized carbons (Fsp3) is 0. The minimum Gasteiger partial charge on any atom is -0.275 e. The fourth-order valence-electron chi connectivity index (χ4n) is 0.994. The van der Waals surface area contributed by atoms with E-state index in [9.17, 15) is 29.4 Å². The molecular weight excluding hydrogens is 247 g/mol. The summed E-state index contributed by atoms with van der Waals surface area (Å²) >= 11 is 4.95. The molecule has 0 spiro atoms. The van der Waals surface area contributed by atoms with Crippen molar-refractivity contribution < 1.29 is 19.0 Å². The van der Waals surface area contributed by atoms with E-state index in [2.05, 4.69) is 0 Å². The molecule has 0 aliphatic rings. The summed E-state index contributed by atoms with van der Waals surface area (Å²) in [6.07, 6.45) is 0. The average molecular weight is 249 g/mol. The molecule has 0 aromatic heterocycles. The third-order valence-corrected chi connectivity index (χ3v) is 1.87. The molecule has 0 atom stereocenters. The van der Waals surface area contributed by atoms with Gasteiger partial charge in [-0.1, -0.05) is 0 Å². The molecule has 0 heterocycles. The van der Waals surface area contributed by atoms with Crippen molar-refractivity contribution in [2.75, 3.05) is 0 Å². The normalized spacial score (nSPS) is 9.88. The summed E-state index contributed by atoms with van der Waals surface area (Å²) in [5, 5.41) is 19.5. The van der Waals surface area contributed by atoms with Crippen molar-refractivity contribution in [2.45, 2.75) is 0 Å². The van der Waals surface area contributed by atoms with Crippen LogP contribution in [-0.4, -0.2) is 15.1 Å². The van der Waals surface area contributed by atoms with Gasteiger partial charge in [0.2, 0.25) is 0 Å². The lowest BCUT2D eigenvalue weighted by atomic mass is 10.2. The number of hydrogen-bond acceptors (Lipinski definition) is 5. The van der Waals surface area contributed by atoms with Gasteiger partial charge >= 0.3 is 11.4 Å². The first-order chi connectivity index (χ1) is 7.34. The lowest BCUT2D eigenvalue weighted by molar-refractivity contribution is -0.422. The van der Waals surface area contributed by atoms with Crippen LogP contribution in [-0.2, 0) is 0 Å². The quantitative estimate of drug-likeness (QED) is 0.462. The van der Waals surface area contributed by atoms with Gasteiger partial charge in [0.05, 0.1) is 21.5 Å². The van der Waals surface area contributed by atoms with Crippen molar-refractivity contribution in [1.82, 2.24) is 0 Å². The maximum absolute atomic E-state index is 13.1. The second-order valence-electron chi connectivity index (χ2n) is 2.61. The largest absolute Gasteiger partial charge is 0.349 e. The lowest BCUT2D eigenvalue weighted by Gasteiger charge is -1.98. The lowest BCUT2D eigenvalue weighted by Crippen LogP contribution is -2.02. The highest BCUT2D eigenvalue weighted by Gasteiger charge is 2.28. The molecule has 1 aromatic rings. The smallest absolute Gasteiger partial charge is 0.275 e. The Labute approximate surface area is 91.7 Å². The van der Waals surface area contributed by atoms with E-state index >= 15 is 0 Å². The molecule has 0 saturated heterocycles. The maximum atomic E-state index is 13.1. The Morgan fingerprint density at radius 3 is 2.00 bits per heavy atom. The van der Waals surface area contributed by atoms with Gasteiger partial charge in [-0.25, -0.2) is 4.39 Å². The highest BCUT2D eigenvalue weighted by atomic mass is 35.5. The second-order valence-corrected chi connectivity index (χ2v) is 2.95. The zero-order chi connectivity index (χ0) is 12.5. The Bertz CT molecular complexity index is 504. The fourth-order valence-corrected chi connectivity index (χ4v) is 1.14. The minimum absolute atomic E-state index is 0.285. The minimum atomic E-state index is -1.28. The molecule has 1 rings (SSSR count). The monoisotopic (exact) mass is 248 g/mol. The number of nitro groups is 2. The Morgan fingerprint density at radius 1 is 1.19 bits per heavy atom. The molecule has 0 N–H and O–H groups in total. The Hall–Kier alpha value is -2.09. The standard InChI is InChI=1S/C7H2ClFN2O5/c8-7(12)3-1-5(10(13)14)6(11(15)16)2-4(3)9/h1-2H. The number of rotatable bonds is 3. The number of carbonyl (C=O) groups excluding carboxylic acids is 1. The summed E-state index contributed by atoms with van der Waals surface area (Å²) in [4.78, 5) is 29.3. The van der Waals surface area contributed by atoms with Gasteiger partial charge in [0, 0.05) is 6.07 Å². The van der Waals surface area contributed by atoms with Crippen molar-refractivity contribution in [3.63, 3.8) is 0 Å². The van der Waals surface area contributed by atoms with E-state index in [1.54, 1.807) is 0 Å². The van der Waals surface area contributed by atoms with Gasteiger partial charge in [0.25, 0.3) is 5.24 Å². The van der Waals surface area contributed by atoms with Gasteiger partial charge in [-0.15, -0.1) is 0 Å². The molecule has 7 nitrogen and oxygen atoms in total. The first kappa shape index (κ1) is 12.0. The molecule has 0 radical (unpaired) electrons. The van der Waals surface area contributed by atoms with Crippen LogP contribution in [0.25, 0.3) is 0 Å². The number of halogens is 2. The van der Waals surface area contributed by atoms with Gasteiger partial charge in [-0.2, -0.15) is 0 Å². The van der Waals surface area contributed by atoms with E-state index in [4.69, 9.17) is 11.6 Å². The van der Waals surface area contributed by atoms with Crippen LogP contribution in [0.15, 0.2) is 12.1 Å². The molecule has 84 valence electrons. The SMILES string of the molecule is O=C(Cl)c1cc([N+](=O)[O-])c([N+](=O)[O-])cc1F. The van der Waals surface area contributed by atoms with Crippen molar-refractivity contribution in [1.29, 1.82) is 0 Å². The van der Waals surface area contributed by atoms with Crippen LogP contribution in [0.4, 0.5) is 15.8 Å². The zero-order valence-corrected chi connectivity index (χ0v) is 8.10. The molecular formula is C7H2ClFN2O5. The molecule has 0 fully saturated rings. The number of hydrogen-bond donors (Lipinski definition) is 0. The molecule has 0 bridgehead atoms. The van der Waals surface area contributed by atoms with Crippen LogP contribution >= 0.6 is 11.6 Å². The van der Waals surface area contributed by atoms with E-state index in [1.807, 2.05) is 0 Å². The maximum Gasteiger partial charge on any atom is 0.349 e.